The Morgan fingerprint density at radius 2 is 1.76 bits per heavy atom. The van der Waals surface area contributed by atoms with Crippen LogP contribution in [0.5, 0.6) is 5.75 Å². The number of hydrogen-bond donors (Lipinski definition) is 0. The molecule has 0 radical (unpaired) electrons. The van der Waals surface area contributed by atoms with Crippen LogP contribution in [0.1, 0.15) is 42.0 Å². The monoisotopic (exact) mass is 505 g/mol. The Bertz CT molecular complexity index is 1190. The number of nitrogens with zero attached hydrogens (tertiary/aromatic N) is 3. The molecule has 3 aromatic carbocycles. The second-order valence-corrected chi connectivity index (χ2v) is 10.0. The second kappa shape index (κ2) is 8.26. The first kappa shape index (κ1) is 20.9. The summed E-state index contributed by atoms with van der Waals surface area (Å²) in [5, 5.41) is 7.30. The summed E-state index contributed by atoms with van der Waals surface area (Å²) in [4.78, 5) is 2.50. The van der Waals surface area contributed by atoms with Crippen molar-refractivity contribution < 1.29 is 9.13 Å². The number of rotatable bonds is 3. The van der Waals surface area contributed by atoms with E-state index in [-0.39, 0.29) is 11.9 Å². The third-order valence-corrected chi connectivity index (χ3v) is 7.52. The average molecular weight is 506 g/mol. The molecule has 0 aliphatic carbocycles. The predicted molar refractivity (Wildman–Crippen MR) is 131 cm³/mol. The van der Waals surface area contributed by atoms with Crippen LogP contribution in [0.4, 0.5) is 4.39 Å². The lowest BCUT2D eigenvalue weighted by molar-refractivity contribution is -0.150. The van der Waals surface area contributed by atoms with E-state index in [0.717, 1.165) is 66.0 Å². The molecule has 0 amide bonds. The van der Waals surface area contributed by atoms with Crippen LogP contribution < -0.4 is 4.74 Å². The molecule has 1 atom stereocenters. The highest BCUT2D eigenvalue weighted by Crippen LogP contribution is 2.50. The third kappa shape index (κ3) is 3.85. The quantitative estimate of drug-likeness (QED) is 0.428. The van der Waals surface area contributed by atoms with Crippen LogP contribution >= 0.6 is 15.9 Å². The highest BCUT2D eigenvalue weighted by Gasteiger charge is 2.51. The fourth-order valence-electron chi connectivity index (χ4n) is 5.30. The van der Waals surface area contributed by atoms with Gasteiger partial charge in [-0.2, -0.15) is 5.10 Å². The predicted octanol–water partition coefficient (Wildman–Crippen LogP) is 6.12. The molecule has 4 nitrogen and oxygen atoms in total. The minimum Gasteiger partial charge on any atom is -0.466 e. The molecule has 0 aromatic heterocycles. The maximum absolute atomic E-state index is 13.5. The highest BCUT2D eigenvalue weighted by molar-refractivity contribution is 9.10. The summed E-state index contributed by atoms with van der Waals surface area (Å²) in [6.45, 7) is 2.85. The van der Waals surface area contributed by atoms with Gasteiger partial charge in [0.15, 0.2) is 0 Å². The minimum absolute atomic E-state index is 0.118. The molecule has 0 unspecified atom stereocenters. The van der Waals surface area contributed by atoms with Crippen LogP contribution in [0.2, 0.25) is 0 Å². The van der Waals surface area contributed by atoms with E-state index in [2.05, 4.69) is 68.3 Å². The zero-order valence-electron chi connectivity index (χ0n) is 18.3. The molecule has 1 spiro atoms. The molecule has 33 heavy (non-hydrogen) atoms. The summed E-state index contributed by atoms with van der Waals surface area (Å²) in [5.74, 6) is 0.724. The molecule has 0 N–H and O–H groups in total. The van der Waals surface area contributed by atoms with Gasteiger partial charge in [-0.05, 0) is 41.5 Å². The molecule has 3 heterocycles. The molecule has 0 saturated carbocycles. The maximum Gasteiger partial charge on any atom is 0.200 e. The Labute approximate surface area is 201 Å². The molecule has 0 bridgehead atoms. The lowest BCUT2D eigenvalue weighted by Gasteiger charge is -2.51. The molecular formula is C27H25BrFN3O. The lowest BCUT2D eigenvalue weighted by atomic mass is 9.90. The van der Waals surface area contributed by atoms with Gasteiger partial charge in [0.25, 0.3) is 0 Å². The van der Waals surface area contributed by atoms with Crippen molar-refractivity contribution >= 4 is 21.6 Å². The van der Waals surface area contributed by atoms with Crippen molar-refractivity contribution in [2.45, 2.75) is 37.6 Å². The number of benzene rings is 3. The summed E-state index contributed by atoms with van der Waals surface area (Å²) in [6.07, 6.45) is 2.55. The summed E-state index contributed by atoms with van der Waals surface area (Å²) in [7, 11) is 0. The standard InChI is InChI=1S/C27H25BrFN3O/c28-21-8-11-26-23(16-21)25-17-24(20-6-9-22(29)10-7-20)30-32(25)27(33-26)12-14-31(15-13-27)18-19-4-2-1-3-5-19/h1-11,16,25H,12-15,17-18H2/t25-/m0/s1. The van der Waals surface area contributed by atoms with Crippen LogP contribution in [0, 0.1) is 5.82 Å². The van der Waals surface area contributed by atoms with Crippen molar-refractivity contribution in [1.82, 2.24) is 9.91 Å². The van der Waals surface area contributed by atoms with Gasteiger partial charge in [0.05, 0.1) is 11.8 Å². The molecule has 3 aliphatic heterocycles. The van der Waals surface area contributed by atoms with E-state index in [1.54, 1.807) is 0 Å². The Morgan fingerprint density at radius 1 is 1.00 bits per heavy atom. The molecule has 1 saturated heterocycles. The van der Waals surface area contributed by atoms with Gasteiger partial charge in [-0.1, -0.05) is 58.4 Å². The van der Waals surface area contributed by atoms with Crippen LogP contribution in [-0.2, 0) is 6.54 Å². The van der Waals surface area contributed by atoms with Crippen molar-refractivity contribution in [3.8, 4) is 5.75 Å². The van der Waals surface area contributed by atoms with Crippen LogP contribution in [0.3, 0.4) is 0 Å². The van der Waals surface area contributed by atoms with Gasteiger partial charge in [-0.25, -0.2) is 9.40 Å². The first-order chi connectivity index (χ1) is 16.1. The zero-order chi connectivity index (χ0) is 22.4. The number of hydrogen-bond acceptors (Lipinski definition) is 4. The summed E-state index contributed by atoms with van der Waals surface area (Å²) in [6, 6.07) is 23.7. The number of likely N-dealkylation sites (tertiary alicyclic amines) is 1. The van der Waals surface area contributed by atoms with E-state index in [1.165, 1.54) is 17.7 Å². The minimum atomic E-state index is -0.458. The first-order valence-electron chi connectivity index (χ1n) is 11.5. The number of piperidine rings is 1. The number of halogens is 2. The van der Waals surface area contributed by atoms with Gasteiger partial charge in [-0.3, -0.25) is 4.90 Å². The molecule has 1 fully saturated rings. The van der Waals surface area contributed by atoms with Crippen molar-refractivity contribution in [3.05, 3.63) is 99.8 Å². The number of fused-ring (bicyclic) bond motifs is 4. The topological polar surface area (TPSA) is 28.1 Å². The van der Waals surface area contributed by atoms with Crippen LogP contribution in [0.25, 0.3) is 0 Å². The van der Waals surface area contributed by atoms with Crippen LogP contribution in [-0.4, -0.2) is 34.4 Å². The summed E-state index contributed by atoms with van der Waals surface area (Å²) < 4.78 is 21.3. The van der Waals surface area contributed by atoms with E-state index < -0.39 is 5.72 Å². The molecular weight excluding hydrogens is 481 g/mol. The Kier molecular flexibility index (Phi) is 5.23. The zero-order valence-corrected chi connectivity index (χ0v) is 19.8. The van der Waals surface area contributed by atoms with Gasteiger partial charge in [-0.15, -0.1) is 0 Å². The molecule has 3 aliphatic rings. The van der Waals surface area contributed by atoms with E-state index in [0.29, 0.717) is 0 Å². The average Bonchev–Trinajstić information content (AvgIpc) is 3.29. The number of hydrazone groups is 1. The highest BCUT2D eigenvalue weighted by atomic mass is 79.9. The Morgan fingerprint density at radius 3 is 2.52 bits per heavy atom. The van der Waals surface area contributed by atoms with Crippen molar-refractivity contribution in [3.63, 3.8) is 0 Å². The van der Waals surface area contributed by atoms with Crippen molar-refractivity contribution in [2.75, 3.05) is 13.1 Å². The molecule has 6 rings (SSSR count). The van der Waals surface area contributed by atoms with E-state index >= 15 is 0 Å². The molecule has 3 aromatic rings. The fourth-order valence-corrected chi connectivity index (χ4v) is 5.68. The van der Waals surface area contributed by atoms with E-state index in [4.69, 9.17) is 9.84 Å². The smallest absolute Gasteiger partial charge is 0.200 e. The van der Waals surface area contributed by atoms with Gasteiger partial charge in [0.2, 0.25) is 5.72 Å². The number of ether oxygens (including phenoxy) is 1. The Balaban J connectivity index is 1.31. The molecule has 168 valence electrons. The first-order valence-corrected chi connectivity index (χ1v) is 12.3. The van der Waals surface area contributed by atoms with Crippen molar-refractivity contribution in [2.24, 2.45) is 5.10 Å². The lowest BCUT2D eigenvalue weighted by Crippen LogP contribution is -2.59. The van der Waals surface area contributed by atoms with Gasteiger partial charge >= 0.3 is 0 Å². The fraction of sp³-hybridized carbons (Fsp3) is 0.296. The van der Waals surface area contributed by atoms with Gasteiger partial charge in [0, 0.05) is 48.9 Å². The van der Waals surface area contributed by atoms with Crippen LogP contribution in [0.15, 0.2) is 82.4 Å². The summed E-state index contributed by atoms with van der Waals surface area (Å²) >= 11 is 3.62. The van der Waals surface area contributed by atoms with Gasteiger partial charge in [0.1, 0.15) is 11.6 Å². The molecule has 6 heteroatoms. The third-order valence-electron chi connectivity index (χ3n) is 7.02. The SMILES string of the molecule is Fc1ccc(C2=NN3[C@@H](C2)c2cc(Br)ccc2OC32CCN(Cc3ccccc3)CC2)cc1. The maximum atomic E-state index is 13.5. The van der Waals surface area contributed by atoms with Gasteiger partial charge < -0.3 is 4.74 Å². The van der Waals surface area contributed by atoms with E-state index in [9.17, 15) is 4.39 Å². The normalized spacial score (nSPS) is 21.3. The largest absolute Gasteiger partial charge is 0.466 e. The van der Waals surface area contributed by atoms with Crippen molar-refractivity contribution in [1.29, 1.82) is 0 Å². The van der Waals surface area contributed by atoms with E-state index in [1.807, 2.05) is 18.2 Å². The Hall–Kier alpha value is -2.70. The second-order valence-electron chi connectivity index (χ2n) is 9.11. The summed E-state index contributed by atoms with van der Waals surface area (Å²) in [5.41, 5.74) is 3.99.